The molecule has 0 aliphatic heterocycles. The average molecular weight is 291 g/mol. The number of aromatic hydroxyl groups is 1. The van der Waals surface area contributed by atoms with E-state index >= 15 is 0 Å². The molecule has 0 fully saturated rings. The summed E-state index contributed by atoms with van der Waals surface area (Å²) in [4.78, 5) is 0. The molecule has 21 heavy (non-hydrogen) atoms. The third kappa shape index (κ3) is 4.53. The number of rotatable bonds is 6. The van der Waals surface area contributed by atoms with Gasteiger partial charge in [-0.05, 0) is 48.7 Å². The summed E-state index contributed by atoms with van der Waals surface area (Å²) >= 11 is 0. The maximum Gasteiger partial charge on any atom is 0.129 e. The first-order valence-corrected chi connectivity index (χ1v) is 7.03. The topological polar surface area (TPSA) is 32.3 Å². The van der Waals surface area contributed by atoms with Gasteiger partial charge in [0, 0.05) is 12.1 Å². The van der Waals surface area contributed by atoms with E-state index in [0.29, 0.717) is 18.4 Å². The van der Waals surface area contributed by atoms with Gasteiger partial charge in [0.05, 0.1) is 0 Å². The van der Waals surface area contributed by atoms with Crippen molar-refractivity contribution in [2.75, 3.05) is 6.54 Å². The fourth-order valence-electron chi connectivity index (χ4n) is 2.37. The summed E-state index contributed by atoms with van der Waals surface area (Å²) in [5, 5.41) is 12.6. The zero-order valence-electron chi connectivity index (χ0n) is 11.9. The maximum atomic E-state index is 13.7. The van der Waals surface area contributed by atoms with Crippen LogP contribution in [-0.4, -0.2) is 17.7 Å². The molecule has 0 radical (unpaired) electrons. The fraction of sp³-hybridized carbons (Fsp3) is 0.294. The molecule has 1 unspecified atom stereocenters. The molecule has 2 aromatic carbocycles. The van der Waals surface area contributed by atoms with E-state index in [1.165, 1.54) is 12.1 Å². The number of hydrogen-bond donors (Lipinski definition) is 2. The van der Waals surface area contributed by atoms with Gasteiger partial charge >= 0.3 is 0 Å². The van der Waals surface area contributed by atoms with Gasteiger partial charge in [0.2, 0.25) is 0 Å². The lowest BCUT2D eigenvalue weighted by Crippen LogP contribution is -2.33. The van der Waals surface area contributed by atoms with Crippen molar-refractivity contribution in [1.29, 1.82) is 0 Å². The van der Waals surface area contributed by atoms with Crippen LogP contribution in [0.4, 0.5) is 8.78 Å². The highest BCUT2D eigenvalue weighted by molar-refractivity contribution is 5.27. The molecule has 1 atom stereocenters. The summed E-state index contributed by atoms with van der Waals surface area (Å²) in [6.07, 6.45) is 1.20. The second kappa shape index (κ2) is 7.18. The normalized spacial score (nSPS) is 12.3. The molecule has 2 nitrogen and oxygen atoms in total. The summed E-state index contributed by atoms with van der Waals surface area (Å²) in [7, 11) is 0. The zero-order chi connectivity index (χ0) is 15.2. The quantitative estimate of drug-likeness (QED) is 0.854. The third-order valence-electron chi connectivity index (χ3n) is 3.39. The van der Waals surface area contributed by atoms with Crippen molar-refractivity contribution in [2.24, 2.45) is 0 Å². The molecular weight excluding hydrogens is 272 g/mol. The number of halogens is 2. The molecule has 2 N–H and O–H groups in total. The van der Waals surface area contributed by atoms with E-state index in [1.54, 1.807) is 12.1 Å². The number of nitrogens with one attached hydrogen (secondary N) is 1. The Labute approximate surface area is 123 Å². The number of phenolic OH excluding ortho intramolecular Hbond substituents is 1. The Kier molecular flexibility index (Phi) is 5.28. The predicted octanol–water partition coefficient (Wildman–Crippen LogP) is 3.43. The van der Waals surface area contributed by atoms with E-state index < -0.39 is 11.6 Å². The van der Waals surface area contributed by atoms with Gasteiger partial charge in [-0.25, -0.2) is 8.78 Å². The molecule has 4 heteroatoms. The minimum Gasteiger partial charge on any atom is -0.508 e. The predicted molar refractivity (Wildman–Crippen MR) is 79.3 cm³/mol. The van der Waals surface area contributed by atoms with Crippen LogP contribution in [0, 0.1) is 11.6 Å². The third-order valence-corrected chi connectivity index (χ3v) is 3.39. The van der Waals surface area contributed by atoms with Gasteiger partial charge in [0.25, 0.3) is 0 Å². The van der Waals surface area contributed by atoms with Crippen molar-refractivity contribution >= 4 is 0 Å². The van der Waals surface area contributed by atoms with Crippen LogP contribution in [0.15, 0.2) is 42.5 Å². The van der Waals surface area contributed by atoms with E-state index in [2.05, 4.69) is 5.32 Å². The van der Waals surface area contributed by atoms with E-state index in [9.17, 15) is 13.9 Å². The van der Waals surface area contributed by atoms with Crippen molar-refractivity contribution in [2.45, 2.75) is 25.8 Å². The minimum absolute atomic E-state index is 0.0551. The summed E-state index contributed by atoms with van der Waals surface area (Å²) in [5.74, 6) is -0.846. The van der Waals surface area contributed by atoms with Crippen molar-refractivity contribution in [3.05, 3.63) is 65.2 Å². The lowest BCUT2D eigenvalue weighted by Gasteiger charge is -2.18. The molecular formula is C17H19F2NO. The van der Waals surface area contributed by atoms with Gasteiger partial charge < -0.3 is 10.4 Å². The highest BCUT2D eigenvalue weighted by Crippen LogP contribution is 2.16. The molecule has 112 valence electrons. The Morgan fingerprint density at radius 3 is 2.38 bits per heavy atom. The molecule has 0 bridgehead atoms. The van der Waals surface area contributed by atoms with Gasteiger partial charge in [-0.1, -0.05) is 25.1 Å². The molecule has 0 saturated heterocycles. The number of hydrogen-bond acceptors (Lipinski definition) is 2. The van der Waals surface area contributed by atoms with Crippen LogP contribution in [0.1, 0.15) is 18.1 Å². The van der Waals surface area contributed by atoms with Crippen molar-refractivity contribution < 1.29 is 13.9 Å². The lowest BCUT2D eigenvalue weighted by molar-refractivity contribution is 0.474. The second-order valence-corrected chi connectivity index (χ2v) is 5.07. The molecule has 0 aliphatic carbocycles. The summed E-state index contributed by atoms with van der Waals surface area (Å²) in [6.45, 7) is 2.76. The summed E-state index contributed by atoms with van der Waals surface area (Å²) in [5.41, 5.74) is 1.56. The van der Waals surface area contributed by atoms with Crippen LogP contribution in [0.5, 0.6) is 5.75 Å². The van der Waals surface area contributed by atoms with E-state index in [0.717, 1.165) is 18.2 Å². The molecule has 0 saturated carbocycles. The zero-order valence-corrected chi connectivity index (χ0v) is 11.9. The van der Waals surface area contributed by atoms with Gasteiger partial charge in [0.15, 0.2) is 0 Å². The first-order valence-electron chi connectivity index (χ1n) is 7.03. The largest absolute Gasteiger partial charge is 0.508 e. The number of likely N-dealkylation sites (N-methyl/N-ethyl adjacent to an activating group) is 1. The second-order valence-electron chi connectivity index (χ2n) is 5.07. The van der Waals surface area contributed by atoms with Crippen LogP contribution in [-0.2, 0) is 12.8 Å². The van der Waals surface area contributed by atoms with Crippen LogP contribution < -0.4 is 5.32 Å². The number of phenols is 1. The van der Waals surface area contributed by atoms with Gasteiger partial charge in [-0.15, -0.1) is 0 Å². The SMILES string of the molecule is CCNC(Cc1ccc(O)cc1)Cc1ccc(F)cc1F. The van der Waals surface area contributed by atoms with Crippen molar-refractivity contribution in [3.63, 3.8) is 0 Å². The Hall–Kier alpha value is -1.94. The van der Waals surface area contributed by atoms with Crippen LogP contribution in [0.25, 0.3) is 0 Å². The molecule has 0 spiro atoms. The van der Waals surface area contributed by atoms with Crippen molar-refractivity contribution in [1.82, 2.24) is 5.32 Å². The summed E-state index contributed by atoms with van der Waals surface area (Å²) < 4.78 is 26.7. The Balaban J connectivity index is 2.09. The van der Waals surface area contributed by atoms with E-state index in [1.807, 2.05) is 19.1 Å². The maximum absolute atomic E-state index is 13.7. The minimum atomic E-state index is -0.560. The Morgan fingerprint density at radius 1 is 1.05 bits per heavy atom. The van der Waals surface area contributed by atoms with Crippen molar-refractivity contribution in [3.8, 4) is 5.75 Å². The van der Waals surface area contributed by atoms with Gasteiger partial charge in [0.1, 0.15) is 17.4 Å². The Bertz CT molecular complexity index is 584. The first kappa shape index (κ1) is 15.4. The molecule has 2 aromatic rings. The number of benzene rings is 2. The smallest absolute Gasteiger partial charge is 0.129 e. The molecule has 0 heterocycles. The molecule has 0 amide bonds. The lowest BCUT2D eigenvalue weighted by atomic mass is 9.98. The fourth-order valence-corrected chi connectivity index (χ4v) is 2.37. The highest BCUT2D eigenvalue weighted by atomic mass is 19.1. The highest BCUT2D eigenvalue weighted by Gasteiger charge is 2.13. The monoisotopic (exact) mass is 291 g/mol. The van der Waals surface area contributed by atoms with E-state index in [4.69, 9.17) is 0 Å². The van der Waals surface area contributed by atoms with Gasteiger partial charge in [-0.3, -0.25) is 0 Å². The standard InChI is InChI=1S/C17H19F2NO/c1-2-20-15(9-12-3-7-16(21)8-4-12)10-13-5-6-14(18)11-17(13)19/h3-8,11,15,20-21H,2,9-10H2,1H3. The van der Waals surface area contributed by atoms with Crippen LogP contribution in [0.2, 0.25) is 0 Å². The van der Waals surface area contributed by atoms with Gasteiger partial charge in [-0.2, -0.15) is 0 Å². The molecule has 0 aliphatic rings. The Morgan fingerprint density at radius 2 is 1.76 bits per heavy atom. The van der Waals surface area contributed by atoms with Crippen LogP contribution in [0.3, 0.4) is 0 Å². The molecule has 0 aromatic heterocycles. The first-order chi connectivity index (χ1) is 10.1. The van der Waals surface area contributed by atoms with Crippen LogP contribution >= 0.6 is 0 Å². The average Bonchev–Trinajstić information content (AvgIpc) is 2.44. The molecule has 2 rings (SSSR count). The summed E-state index contributed by atoms with van der Waals surface area (Å²) in [6, 6.07) is 10.7. The van der Waals surface area contributed by atoms with E-state index in [-0.39, 0.29) is 11.8 Å².